The van der Waals surface area contributed by atoms with Gasteiger partial charge in [0.05, 0.1) is 25.1 Å². The van der Waals surface area contributed by atoms with E-state index in [9.17, 15) is 13.2 Å². The van der Waals surface area contributed by atoms with Crippen molar-refractivity contribution in [2.75, 3.05) is 24.2 Å². The van der Waals surface area contributed by atoms with Crippen molar-refractivity contribution in [3.8, 4) is 11.5 Å². The normalized spacial score (nSPS) is 19.1. The molecule has 2 aromatic carbocycles. The van der Waals surface area contributed by atoms with E-state index in [-0.39, 0.29) is 30.5 Å². The van der Waals surface area contributed by atoms with Crippen LogP contribution in [0.25, 0.3) is 0 Å². The number of hydrogen-bond donors (Lipinski definition) is 1. The quantitative estimate of drug-likeness (QED) is 0.590. The minimum Gasteiger partial charge on any atom is -0.497 e. The molecule has 1 unspecified atom stereocenters. The summed E-state index contributed by atoms with van der Waals surface area (Å²) in [4.78, 5) is 12.9. The number of hydrogen-bond acceptors (Lipinski definition) is 5. The first-order valence-electron chi connectivity index (χ1n) is 12.0. The maximum atomic E-state index is 12.9. The Morgan fingerprint density at radius 1 is 1.12 bits per heavy atom. The fourth-order valence-electron chi connectivity index (χ4n) is 5.13. The van der Waals surface area contributed by atoms with Gasteiger partial charge in [-0.05, 0) is 62.4 Å². The molecule has 2 aromatic rings. The van der Waals surface area contributed by atoms with Crippen molar-refractivity contribution in [1.82, 2.24) is 5.32 Å². The predicted molar refractivity (Wildman–Crippen MR) is 133 cm³/mol. The van der Waals surface area contributed by atoms with E-state index in [4.69, 9.17) is 9.47 Å². The molecule has 1 heterocycles. The van der Waals surface area contributed by atoms with Crippen LogP contribution in [-0.2, 0) is 14.8 Å². The standard InChI is InChI=1S/C26H34N2O5S/c1-32-21-14-12-20(13-15-21)28(34(2,30)31)18-8-11-25(29)27-23-19-26(16-6-3-7-17-26)33-24-10-5-4-9-22(23)24/h4-5,9-10,12-15,23H,3,6-8,11,16-19H2,1-2H3,(H,27,29). The number of carbonyl (C=O) groups excluding carboxylic acids is 1. The Bertz CT molecular complexity index is 1090. The number of ether oxygens (including phenoxy) is 2. The highest BCUT2D eigenvalue weighted by molar-refractivity contribution is 7.92. The van der Waals surface area contributed by atoms with Crippen molar-refractivity contribution < 1.29 is 22.7 Å². The zero-order chi connectivity index (χ0) is 24.2. The molecule has 8 heteroatoms. The Hall–Kier alpha value is -2.74. The highest BCUT2D eigenvalue weighted by Crippen LogP contribution is 2.46. The maximum absolute atomic E-state index is 12.9. The average Bonchev–Trinajstić information content (AvgIpc) is 2.81. The highest BCUT2D eigenvalue weighted by Gasteiger charge is 2.42. The molecule has 1 aliphatic heterocycles. The summed E-state index contributed by atoms with van der Waals surface area (Å²) < 4.78 is 37.7. The van der Waals surface area contributed by atoms with Crippen LogP contribution in [-0.4, -0.2) is 39.8 Å². The number of methoxy groups -OCH3 is 1. The van der Waals surface area contributed by atoms with Crippen molar-refractivity contribution in [1.29, 1.82) is 0 Å². The second-order valence-electron chi connectivity index (χ2n) is 9.34. The average molecular weight is 487 g/mol. The van der Waals surface area contributed by atoms with Crippen molar-refractivity contribution in [2.45, 2.75) is 63.0 Å². The van der Waals surface area contributed by atoms with Crippen LogP contribution in [0.4, 0.5) is 5.69 Å². The zero-order valence-electron chi connectivity index (χ0n) is 20.0. The monoisotopic (exact) mass is 486 g/mol. The van der Waals surface area contributed by atoms with Gasteiger partial charge in [0, 0.05) is 24.9 Å². The number of rotatable bonds is 8. The lowest BCUT2D eigenvalue weighted by Crippen LogP contribution is -2.46. The molecule has 184 valence electrons. The van der Waals surface area contributed by atoms with Gasteiger partial charge in [0.1, 0.15) is 17.1 Å². The van der Waals surface area contributed by atoms with Gasteiger partial charge in [0.25, 0.3) is 0 Å². The van der Waals surface area contributed by atoms with E-state index < -0.39 is 10.0 Å². The van der Waals surface area contributed by atoms with Crippen molar-refractivity contribution in [3.05, 3.63) is 54.1 Å². The molecule has 1 saturated carbocycles. The molecular formula is C26H34N2O5S. The van der Waals surface area contributed by atoms with E-state index in [1.165, 1.54) is 17.0 Å². The highest BCUT2D eigenvalue weighted by atomic mass is 32.2. The third-order valence-corrected chi connectivity index (χ3v) is 8.02. The van der Waals surface area contributed by atoms with E-state index in [0.29, 0.717) is 17.9 Å². The summed E-state index contributed by atoms with van der Waals surface area (Å²) in [5.41, 5.74) is 1.37. The van der Waals surface area contributed by atoms with Crippen molar-refractivity contribution in [2.24, 2.45) is 0 Å². The van der Waals surface area contributed by atoms with Gasteiger partial charge in [0.15, 0.2) is 0 Å². The molecule has 1 aliphatic carbocycles. The molecular weight excluding hydrogens is 452 g/mol. The third kappa shape index (κ3) is 5.66. The largest absolute Gasteiger partial charge is 0.497 e. The lowest BCUT2D eigenvalue weighted by Gasteiger charge is -2.44. The van der Waals surface area contributed by atoms with Crippen LogP contribution >= 0.6 is 0 Å². The number of para-hydroxylation sites is 1. The van der Waals surface area contributed by atoms with E-state index in [1.807, 2.05) is 24.3 Å². The van der Waals surface area contributed by atoms with Gasteiger partial charge in [-0.25, -0.2) is 8.42 Å². The number of anilines is 1. The van der Waals surface area contributed by atoms with E-state index in [1.54, 1.807) is 31.4 Å². The Kier molecular flexibility index (Phi) is 7.36. The number of sulfonamides is 1. The molecule has 2 aliphatic rings. The molecule has 7 nitrogen and oxygen atoms in total. The smallest absolute Gasteiger partial charge is 0.232 e. The van der Waals surface area contributed by atoms with Gasteiger partial charge >= 0.3 is 0 Å². The number of nitrogens with zero attached hydrogens (tertiary/aromatic N) is 1. The van der Waals surface area contributed by atoms with Gasteiger partial charge < -0.3 is 14.8 Å². The lowest BCUT2D eigenvalue weighted by molar-refractivity contribution is -0.122. The van der Waals surface area contributed by atoms with Gasteiger partial charge in [0.2, 0.25) is 15.9 Å². The van der Waals surface area contributed by atoms with Crippen LogP contribution in [0.5, 0.6) is 11.5 Å². The molecule has 34 heavy (non-hydrogen) atoms. The van der Waals surface area contributed by atoms with Crippen molar-refractivity contribution >= 4 is 21.6 Å². The minimum atomic E-state index is -3.48. The van der Waals surface area contributed by atoms with Crippen LogP contribution < -0.4 is 19.1 Å². The first kappa shape index (κ1) is 24.4. The van der Waals surface area contributed by atoms with Gasteiger partial charge in [-0.15, -0.1) is 0 Å². The summed E-state index contributed by atoms with van der Waals surface area (Å²) in [5, 5.41) is 3.21. The Balaban J connectivity index is 1.39. The number of fused-ring (bicyclic) bond motifs is 1. The number of benzene rings is 2. The first-order valence-corrected chi connectivity index (χ1v) is 13.8. The van der Waals surface area contributed by atoms with Crippen LogP contribution in [0.15, 0.2) is 48.5 Å². The fraction of sp³-hybridized carbons (Fsp3) is 0.500. The maximum Gasteiger partial charge on any atom is 0.232 e. The van der Waals surface area contributed by atoms with Crippen LogP contribution in [0.2, 0.25) is 0 Å². The van der Waals surface area contributed by atoms with E-state index in [2.05, 4.69) is 5.32 Å². The SMILES string of the molecule is COc1ccc(N(CCCC(=O)NC2CC3(CCCCC3)Oc3ccccc32)S(C)(=O)=O)cc1. The molecule has 1 fully saturated rings. The summed E-state index contributed by atoms with van der Waals surface area (Å²) in [6.45, 7) is 0.229. The molecule has 0 radical (unpaired) electrons. The van der Waals surface area contributed by atoms with Gasteiger partial charge in [-0.3, -0.25) is 9.10 Å². The van der Waals surface area contributed by atoms with E-state index >= 15 is 0 Å². The summed E-state index contributed by atoms with van der Waals surface area (Å²) >= 11 is 0. The zero-order valence-corrected chi connectivity index (χ0v) is 20.8. The Morgan fingerprint density at radius 3 is 2.50 bits per heavy atom. The summed E-state index contributed by atoms with van der Waals surface area (Å²) in [5.74, 6) is 1.45. The molecule has 1 N–H and O–H groups in total. The van der Waals surface area contributed by atoms with Crippen LogP contribution in [0.3, 0.4) is 0 Å². The van der Waals surface area contributed by atoms with Gasteiger partial charge in [-0.1, -0.05) is 24.6 Å². The molecule has 1 atom stereocenters. The number of amides is 1. The predicted octanol–water partition coefficient (Wildman–Crippen LogP) is 4.58. The first-order chi connectivity index (χ1) is 16.3. The summed E-state index contributed by atoms with van der Waals surface area (Å²) in [6, 6.07) is 14.7. The lowest BCUT2D eigenvalue weighted by atomic mass is 9.77. The molecule has 0 bridgehead atoms. The fourth-order valence-corrected chi connectivity index (χ4v) is 6.10. The second kappa shape index (κ2) is 10.3. The van der Waals surface area contributed by atoms with Crippen LogP contribution in [0.1, 0.15) is 63.0 Å². The number of carbonyl (C=O) groups is 1. The molecule has 0 aromatic heterocycles. The Morgan fingerprint density at radius 2 is 1.82 bits per heavy atom. The van der Waals surface area contributed by atoms with Crippen LogP contribution in [0, 0.1) is 0 Å². The minimum absolute atomic E-state index is 0.0733. The van der Waals surface area contributed by atoms with Crippen molar-refractivity contribution in [3.63, 3.8) is 0 Å². The summed E-state index contributed by atoms with van der Waals surface area (Å²) in [6.07, 6.45) is 8.17. The molecule has 1 spiro atoms. The van der Waals surface area contributed by atoms with Gasteiger partial charge in [-0.2, -0.15) is 0 Å². The third-order valence-electron chi connectivity index (χ3n) is 6.82. The molecule has 1 amide bonds. The molecule has 4 rings (SSSR count). The van der Waals surface area contributed by atoms with E-state index in [0.717, 1.165) is 43.4 Å². The Labute approximate surface area is 202 Å². The molecule has 0 saturated heterocycles. The topological polar surface area (TPSA) is 84.9 Å². The second-order valence-corrected chi connectivity index (χ2v) is 11.3. The number of nitrogens with one attached hydrogen (secondary N) is 1. The summed E-state index contributed by atoms with van der Waals surface area (Å²) in [7, 11) is -1.91.